The zero-order valence-electron chi connectivity index (χ0n) is 16.5. The van der Waals surface area contributed by atoms with Crippen LogP contribution in [-0.4, -0.2) is 11.5 Å². The van der Waals surface area contributed by atoms with E-state index in [1.165, 1.54) is 0 Å². The molecule has 0 aliphatic carbocycles. The van der Waals surface area contributed by atoms with Gasteiger partial charge in [-0.1, -0.05) is 90.7 Å². The standard InChI is InChI=1S/C26H25NO2/c1-21(17-18-22-11-5-2-6-12-22)26(27,19-23-13-7-3-8-14-23)25(28)29-20-24-15-9-4-10-16-24/h2-16,21H,19-20,27H2,1H3/t21-,26+/m1/s1. The lowest BCUT2D eigenvalue weighted by Crippen LogP contribution is -2.55. The fraction of sp³-hybridized carbons (Fsp3) is 0.192. The van der Waals surface area contributed by atoms with E-state index in [2.05, 4.69) is 11.8 Å². The van der Waals surface area contributed by atoms with E-state index in [1.54, 1.807) is 0 Å². The summed E-state index contributed by atoms with van der Waals surface area (Å²) in [6.07, 6.45) is 0.353. The molecule has 0 aliphatic heterocycles. The smallest absolute Gasteiger partial charge is 0.328 e. The van der Waals surface area contributed by atoms with E-state index in [9.17, 15) is 4.79 Å². The number of carbonyl (C=O) groups is 1. The highest BCUT2D eigenvalue weighted by atomic mass is 16.5. The molecule has 0 radical (unpaired) electrons. The first-order valence-electron chi connectivity index (χ1n) is 9.68. The molecule has 0 saturated carbocycles. The van der Waals surface area contributed by atoms with Crippen LogP contribution in [0.4, 0.5) is 0 Å². The van der Waals surface area contributed by atoms with E-state index in [0.29, 0.717) is 6.42 Å². The number of benzene rings is 3. The van der Waals surface area contributed by atoms with E-state index in [1.807, 2.05) is 97.9 Å². The van der Waals surface area contributed by atoms with Crippen LogP contribution in [0.15, 0.2) is 91.0 Å². The molecule has 29 heavy (non-hydrogen) atoms. The van der Waals surface area contributed by atoms with Crippen molar-refractivity contribution in [1.29, 1.82) is 0 Å². The van der Waals surface area contributed by atoms with Gasteiger partial charge in [0.05, 0.1) is 0 Å². The number of esters is 1. The largest absolute Gasteiger partial charge is 0.459 e. The van der Waals surface area contributed by atoms with Gasteiger partial charge in [0.25, 0.3) is 0 Å². The molecule has 3 aromatic rings. The molecule has 3 heteroatoms. The van der Waals surface area contributed by atoms with Crippen molar-refractivity contribution in [2.45, 2.75) is 25.5 Å². The zero-order valence-corrected chi connectivity index (χ0v) is 16.5. The topological polar surface area (TPSA) is 52.3 Å². The summed E-state index contributed by atoms with van der Waals surface area (Å²) >= 11 is 0. The van der Waals surface area contributed by atoms with Gasteiger partial charge in [0.2, 0.25) is 0 Å². The third-order valence-corrected chi connectivity index (χ3v) is 4.91. The van der Waals surface area contributed by atoms with Gasteiger partial charge in [-0.2, -0.15) is 0 Å². The molecule has 0 fully saturated rings. The van der Waals surface area contributed by atoms with Crippen LogP contribution in [-0.2, 0) is 22.6 Å². The minimum atomic E-state index is -1.25. The third kappa shape index (κ3) is 5.57. The van der Waals surface area contributed by atoms with E-state index < -0.39 is 17.4 Å². The van der Waals surface area contributed by atoms with E-state index in [4.69, 9.17) is 10.5 Å². The maximum Gasteiger partial charge on any atom is 0.328 e. The van der Waals surface area contributed by atoms with Crippen molar-refractivity contribution in [1.82, 2.24) is 0 Å². The molecule has 2 atom stereocenters. The van der Waals surface area contributed by atoms with Crippen molar-refractivity contribution < 1.29 is 9.53 Å². The maximum atomic E-state index is 13.1. The van der Waals surface area contributed by atoms with Crippen molar-refractivity contribution in [3.05, 3.63) is 108 Å². The highest BCUT2D eigenvalue weighted by Gasteiger charge is 2.41. The molecule has 0 aromatic heterocycles. The summed E-state index contributed by atoms with van der Waals surface area (Å²) in [5.74, 6) is 5.45. The van der Waals surface area contributed by atoms with Gasteiger partial charge in [0.1, 0.15) is 12.1 Å². The lowest BCUT2D eigenvalue weighted by Gasteiger charge is -2.30. The van der Waals surface area contributed by atoms with Crippen LogP contribution in [0.5, 0.6) is 0 Å². The van der Waals surface area contributed by atoms with Gasteiger partial charge in [-0.05, 0) is 30.2 Å². The SMILES string of the molecule is C[C@H](C#Cc1ccccc1)[C@@](N)(Cc1ccccc1)C(=O)OCc1ccccc1. The molecule has 2 N–H and O–H groups in total. The molecule has 146 valence electrons. The Bertz CT molecular complexity index is 975. The van der Waals surface area contributed by atoms with Crippen LogP contribution < -0.4 is 5.73 Å². The molecule has 0 bridgehead atoms. The van der Waals surface area contributed by atoms with Gasteiger partial charge in [-0.25, -0.2) is 4.79 Å². The molecule has 0 spiro atoms. The minimum absolute atomic E-state index is 0.187. The summed E-state index contributed by atoms with van der Waals surface area (Å²) in [5, 5.41) is 0. The van der Waals surface area contributed by atoms with Gasteiger partial charge in [-0.15, -0.1) is 0 Å². The van der Waals surface area contributed by atoms with Crippen LogP contribution in [0.25, 0.3) is 0 Å². The van der Waals surface area contributed by atoms with E-state index in [-0.39, 0.29) is 6.61 Å². The summed E-state index contributed by atoms with van der Waals surface area (Å²) in [6, 6.07) is 29.0. The van der Waals surface area contributed by atoms with Gasteiger partial charge >= 0.3 is 5.97 Å². The van der Waals surface area contributed by atoms with Crippen molar-refractivity contribution in [3.8, 4) is 11.8 Å². The van der Waals surface area contributed by atoms with Gasteiger partial charge in [-0.3, -0.25) is 0 Å². The first-order valence-corrected chi connectivity index (χ1v) is 9.68. The van der Waals surface area contributed by atoms with Crippen LogP contribution in [0.1, 0.15) is 23.6 Å². The van der Waals surface area contributed by atoms with Crippen molar-refractivity contribution >= 4 is 5.97 Å². The highest BCUT2D eigenvalue weighted by molar-refractivity contribution is 5.82. The lowest BCUT2D eigenvalue weighted by molar-refractivity contribution is -0.152. The Balaban J connectivity index is 1.82. The number of rotatable bonds is 6. The lowest BCUT2D eigenvalue weighted by atomic mass is 9.81. The van der Waals surface area contributed by atoms with Gasteiger partial charge in [0.15, 0.2) is 0 Å². The first kappa shape index (κ1) is 20.4. The number of ether oxygens (including phenoxy) is 1. The Morgan fingerprint density at radius 1 is 0.897 bits per heavy atom. The second kappa shape index (κ2) is 9.73. The van der Waals surface area contributed by atoms with Crippen molar-refractivity contribution in [2.24, 2.45) is 11.7 Å². The Morgan fingerprint density at radius 2 is 1.41 bits per heavy atom. The molecule has 3 rings (SSSR count). The average Bonchev–Trinajstić information content (AvgIpc) is 2.77. The van der Waals surface area contributed by atoms with E-state index in [0.717, 1.165) is 16.7 Å². The fourth-order valence-electron chi connectivity index (χ4n) is 3.03. The minimum Gasteiger partial charge on any atom is -0.459 e. The quantitative estimate of drug-likeness (QED) is 0.508. The van der Waals surface area contributed by atoms with Crippen LogP contribution >= 0.6 is 0 Å². The molecular weight excluding hydrogens is 358 g/mol. The maximum absolute atomic E-state index is 13.1. The summed E-state index contributed by atoms with van der Waals surface area (Å²) in [5.41, 5.74) is 8.20. The van der Waals surface area contributed by atoms with Crippen LogP contribution in [0.3, 0.4) is 0 Å². The highest BCUT2D eigenvalue weighted by Crippen LogP contribution is 2.23. The molecule has 0 saturated heterocycles. The summed E-state index contributed by atoms with van der Waals surface area (Å²) < 4.78 is 5.61. The van der Waals surface area contributed by atoms with Crippen LogP contribution in [0, 0.1) is 17.8 Å². The number of hydrogen-bond acceptors (Lipinski definition) is 3. The van der Waals surface area contributed by atoms with Crippen molar-refractivity contribution in [2.75, 3.05) is 0 Å². The predicted molar refractivity (Wildman–Crippen MR) is 116 cm³/mol. The average molecular weight is 383 g/mol. The van der Waals surface area contributed by atoms with Gasteiger partial charge in [0, 0.05) is 17.9 Å². The summed E-state index contributed by atoms with van der Waals surface area (Å²) in [7, 11) is 0. The molecule has 0 heterocycles. The fourth-order valence-corrected chi connectivity index (χ4v) is 3.03. The Labute approximate surface area is 172 Å². The van der Waals surface area contributed by atoms with E-state index >= 15 is 0 Å². The number of nitrogens with two attached hydrogens (primary N) is 1. The molecule has 0 unspecified atom stereocenters. The van der Waals surface area contributed by atoms with Crippen molar-refractivity contribution in [3.63, 3.8) is 0 Å². The first-order chi connectivity index (χ1) is 14.1. The normalized spacial score (nSPS) is 13.4. The molecule has 3 aromatic carbocycles. The monoisotopic (exact) mass is 383 g/mol. The number of hydrogen-bond donors (Lipinski definition) is 1. The Kier molecular flexibility index (Phi) is 6.84. The Hall–Kier alpha value is -3.35. The molecule has 0 aliphatic rings. The zero-order chi connectivity index (χ0) is 20.5. The second-order valence-corrected chi connectivity index (χ2v) is 7.12. The number of carbonyl (C=O) groups excluding carboxylic acids is 1. The summed E-state index contributed by atoms with van der Waals surface area (Å²) in [4.78, 5) is 13.1. The third-order valence-electron chi connectivity index (χ3n) is 4.91. The summed E-state index contributed by atoms with van der Waals surface area (Å²) in [6.45, 7) is 2.06. The molecular formula is C26H25NO2. The Morgan fingerprint density at radius 3 is 2.00 bits per heavy atom. The molecule has 3 nitrogen and oxygen atoms in total. The second-order valence-electron chi connectivity index (χ2n) is 7.12. The predicted octanol–water partition coefficient (Wildman–Crippen LogP) is 4.36. The van der Waals surface area contributed by atoms with Gasteiger partial charge < -0.3 is 10.5 Å². The molecule has 0 amide bonds. The van der Waals surface area contributed by atoms with Crippen LogP contribution in [0.2, 0.25) is 0 Å².